The first kappa shape index (κ1) is 17.8. The number of alkyl halides is 3. The van der Waals surface area contributed by atoms with E-state index in [1.54, 1.807) is 6.07 Å². The molecule has 24 heavy (non-hydrogen) atoms. The van der Waals surface area contributed by atoms with Gasteiger partial charge in [-0.3, -0.25) is 4.79 Å². The molecular formula is C17H16F3NO3. The molecule has 2 aromatic carbocycles. The summed E-state index contributed by atoms with van der Waals surface area (Å²) >= 11 is 0. The molecule has 128 valence electrons. The Morgan fingerprint density at radius 1 is 1.00 bits per heavy atom. The Hall–Kier alpha value is -2.54. The van der Waals surface area contributed by atoms with Crippen LogP contribution in [-0.4, -0.2) is 25.3 Å². The highest BCUT2D eigenvalue weighted by Crippen LogP contribution is 2.26. The van der Waals surface area contributed by atoms with Gasteiger partial charge in [-0.05, 0) is 17.7 Å². The lowest BCUT2D eigenvalue weighted by Crippen LogP contribution is -2.21. The second-order valence-electron chi connectivity index (χ2n) is 4.93. The summed E-state index contributed by atoms with van der Waals surface area (Å²) in [5.41, 5.74) is 1.08. The van der Waals surface area contributed by atoms with Crippen LogP contribution in [0, 0.1) is 0 Å². The topological polar surface area (TPSA) is 47.6 Å². The number of carbonyl (C=O) groups is 1. The fourth-order valence-electron chi connectivity index (χ4n) is 1.88. The van der Waals surface area contributed by atoms with Crippen LogP contribution in [0.15, 0.2) is 54.6 Å². The number of carbonyl (C=O) groups excluding carboxylic acids is 1. The van der Waals surface area contributed by atoms with Gasteiger partial charge in [0.15, 0.2) is 6.61 Å². The lowest BCUT2D eigenvalue weighted by atomic mass is 10.2. The summed E-state index contributed by atoms with van der Waals surface area (Å²) in [6, 6.07) is 15.2. The van der Waals surface area contributed by atoms with Crippen molar-refractivity contribution in [3.05, 3.63) is 60.2 Å². The van der Waals surface area contributed by atoms with Crippen molar-refractivity contribution in [2.75, 3.05) is 18.5 Å². The van der Waals surface area contributed by atoms with Crippen molar-refractivity contribution in [1.29, 1.82) is 0 Å². The number of rotatable bonds is 7. The minimum Gasteiger partial charge on any atom is -0.482 e. The Morgan fingerprint density at radius 2 is 1.67 bits per heavy atom. The number of benzene rings is 2. The van der Waals surface area contributed by atoms with E-state index >= 15 is 0 Å². The predicted molar refractivity (Wildman–Crippen MR) is 82.7 cm³/mol. The highest BCUT2D eigenvalue weighted by molar-refractivity contribution is 5.93. The summed E-state index contributed by atoms with van der Waals surface area (Å²) in [5, 5.41) is 2.48. The van der Waals surface area contributed by atoms with Gasteiger partial charge < -0.3 is 14.8 Å². The molecule has 2 aromatic rings. The fraction of sp³-hybridized carbons (Fsp3) is 0.235. The van der Waals surface area contributed by atoms with Gasteiger partial charge in [-0.1, -0.05) is 42.5 Å². The number of para-hydroxylation sites is 2. The third-order valence-electron chi connectivity index (χ3n) is 2.90. The molecule has 0 fully saturated rings. The SMILES string of the molecule is O=C(COCc1ccccc1)Nc1ccccc1OCC(F)(F)F. The molecule has 0 saturated carbocycles. The number of hydrogen-bond acceptors (Lipinski definition) is 3. The molecule has 0 spiro atoms. The summed E-state index contributed by atoms with van der Waals surface area (Å²) in [6.07, 6.45) is -4.45. The van der Waals surface area contributed by atoms with Crippen molar-refractivity contribution in [2.24, 2.45) is 0 Å². The van der Waals surface area contributed by atoms with Gasteiger partial charge in [-0.25, -0.2) is 0 Å². The standard InChI is InChI=1S/C17H16F3NO3/c18-17(19,20)12-24-15-9-5-4-8-14(15)21-16(22)11-23-10-13-6-2-1-3-7-13/h1-9H,10-12H2,(H,21,22). The van der Waals surface area contributed by atoms with Crippen molar-refractivity contribution < 1.29 is 27.4 Å². The maximum absolute atomic E-state index is 12.2. The van der Waals surface area contributed by atoms with Crippen LogP contribution in [0.25, 0.3) is 0 Å². The van der Waals surface area contributed by atoms with E-state index in [9.17, 15) is 18.0 Å². The molecular weight excluding hydrogens is 323 g/mol. The van der Waals surface area contributed by atoms with Crippen LogP contribution in [0.5, 0.6) is 5.75 Å². The van der Waals surface area contributed by atoms with E-state index in [4.69, 9.17) is 9.47 Å². The number of ether oxygens (including phenoxy) is 2. The van der Waals surface area contributed by atoms with Crippen LogP contribution in [0.4, 0.5) is 18.9 Å². The zero-order valence-corrected chi connectivity index (χ0v) is 12.7. The van der Waals surface area contributed by atoms with Gasteiger partial charge in [-0.15, -0.1) is 0 Å². The molecule has 1 amide bonds. The van der Waals surface area contributed by atoms with Crippen LogP contribution in [0.1, 0.15) is 5.56 Å². The summed E-state index contributed by atoms with van der Waals surface area (Å²) in [5.74, 6) is -0.528. The first-order chi connectivity index (χ1) is 11.4. The van der Waals surface area contributed by atoms with E-state index in [0.29, 0.717) is 0 Å². The van der Waals surface area contributed by atoms with Gasteiger partial charge in [-0.2, -0.15) is 13.2 Å². The zero-order valence-electron chi connectivity index (χ0n) is 12.7. The number of anilines is 1. The van der Waals surface area contributed by atoms with E-state index in [-0.39, 0.29) is 24.7 Å². The minimum absolute atomic E-state index is 0.0498. The second kappa shape index (κ2) is 8.35. The molecule has 4 nitrogen and oxygen atoms in total. The van der Waals surface area contributed by atoms with Crippen molar-refractivity contribution in [2.45, 2.75) is 12.8 Å². The van der Waals surface area contributed by atoms with Crippen molar-refractivity contribution in [3.63, 3.8) is 0 Å². The highest BCUT2D eigenvalue weighted by Gasteiger charge is 2.28. The van der Waals surface area contributed by atoms with Gasteiger partial charge in [0.2, 0.25) is 5.91 Å². The van der Waals surface area contributed by atoms with E-state index in [0.717, 1.165) is 5.56 Å². The molecule has 0 aliphatic carbocycles. The molecule has 0 bridgehead atoms. The number of hydrogen-bond donors (Lipinski definition) is 1. The molecule has 0 aliphatic rings. The fourth-order valence-corrected chi connectivity index (χ4v) is 1.88. The molecule has 0 aliphatic heterocycles. The molecule has 0 saturated heterocycles. The van der Waals surface area contributed by atoms with E-state index < -0.39 is 18.7 Å². The Balaban J connectivity index is 1.85. The average molecular weight is 339 g/mol. The first-order valence-corrected chi connectivity index (χ1v) is 7.14. The van der Waals surface area contributed by atoms with Crippen LogP contribution in [0.3, 0.4) is 0 Å². The molecule has 0 unspecified atom stereocenters. The second-order valence-corrected chi connectivity index (χ2v) is 4.93. The molecule has 0 radical (unpaired) electrons. The molecule has 0 atom stereocenters. The van der Waals surface area contributed by atoms with Gasteiger partial charge in [0.05, 0.1) is 12.3 Å². The molecule has 7 heteroatoms. The first-order valence-electron chi connectivity index (χ1n) is 7.14. The zero-order chi connectivity index (χ0) is 17.4. The molecule has 0 heterocycles. The number of nitrogens with one attached hydrogen (secondary N) is 1. The summed E-state index contributed by atoms with van der Waals surface area (Å²) in [4.78, 5) is 11.8. The highest BCUT2D eigenvalue weighted by atomic mass is 19.4. The Labute approximate surface area is 137 Å². The Kier molecular flexibility index (Phi) is 6.20. The largest absolute Gasteiger partial charge is 0.482 e. The van der Waals surface area contributed by atoms with Crippen LogP contribution >= 0.6 is 0 Å². The van der Waals surface area contributed by atoms with Crippen molar-refractivity contribution >= 4 is 11.6 Å². The monoisotopic (exact) mass is 339 g/mol. The average Bonchev–Trinajstić information content (AvgIpc) is 2.54. The summed E-state index contributed by atoms with van der Waals surface area (Å²) in [6.45, 7) is -1.38. The Bertz CT molecular complexity index is 660. The molecule has 0 aromatic heterocycles. The van der Waals surface area contributed by atoms with E-state index in [2.05, 4.69) is 5.32 Å². The van der Waals surface area contributed by atoms with Crippen molar-refractivity contribution in [1.82, 2.24) is 0 Å². The number of halogens is 3. The lowest BCUT2D eigenvalue weighted by Gasteiger charge is -2.13. The molecule has 2 rings (SSSR count). The van der Waals surface area contributed by atoms with Gasteiger partial charge in [0.25, 0.3) is 0 Å². The van der Waals surface area contributed by atoms with Crippen LogP contribution < -0.4 is 10.1 Å². The van der Waals surface area contributed by atoms with Gasteiger partial charge >= 0.3 is 6.18 Å². The third-order valence-corrected chi connectivity index (χ3v) is 2.90. The molecule has 1 N–H and O–H groups in total. The lowest BCUT2D eigenvalue weighted by molar-refractivity contribution is -0.153. The van der Waals surface area contributed by atoms with Gasteiger partial charge in [0.1, 0.15) is 12.4 Å². The summed E-state index contributed by atoms with van der Waals surface area (Å²) < 4.78 is 46.7. The van der Waals surface area contributed by atoms with Crippen LogP contribution in [-0.2, 0) is 16.1 Å². The van der Waals surface area contributed by atoms with Gasteiger partial charge in [0, 0.05) is 0 Å². The third kappa shape index (κ3) is 6.29. The van der Waals surface area contributed by atoms with E-state index in [1.807, 2.05) is 30.3 Å². The minimum atomic E-state index is -4.45. The normalized spacial score (nSPS) is 11.1. The quantitative estimate of drug-likeness (QED) is 0.835. The van der Waals surface area contributed by atoms with E-state index in [1.165, 1.54) is 18.2 Å². The van der Waals surface area contributed by atoms with Crippen molar-refractivity contribution in [3.8, 4) is 5.75 Å². The number of amides is 1. The maximum atomic E-state index is 12.2. The summed E-state index contributed by atoms with van der Waals surface area (Å²) in [7, 11) is 0. The maximum Gasteiger partial charge on any atom is 0.422 e. The van der Waals surface area contributed by atoms with Crippen LogP contribution in [0.2, 0.25) is 0 Å². The predicted octanol–water partition coefficient (Wildman–Crippen LogP) is 3.78. The smallest absolute Gasteiger partial charge is 0.422 e. The Morgan fingerprint density at radius 3 is 2.38 bits per heavy atom.